The quantitative estimate of drug-likeness (QED) is 0.412. The van der Waals surface area contributed by atoms with E-state index in [2.05, 4.69) is 20.8 Å². The monoisotopic (exact) mass is 506 g/mol. The molecule has 7 heteroatoms. The van der Waals surface area contributed by atoms with Gasteiger partial charge in [-0.15, -0.1) is 0 Å². The summed E-state index contributed by atoms with van der Waals surface area (Å²) < 4.78 is 16.5. The van der Waals surface area contributed by atoms with E-state index >= 15 is 0 Å². The molecule has 4 rings (SSSR count). The Hall–Kier alpha value is -1.63. The van der Waals surface area contributed by atoms with E-state index in [4.69, 9.17) is 14.2 Å². The standard InChI is InChI=1S/C29H46O7/c1-16(7-10-26(33)34-6)21-8-9-22-27-23(15-25(32)29(21,22)5)28(4)12-11-20(35-17(2)30)13-19(28)14-24(27)36-18(3)31/h16,19-25,27,32H,7-15H2,1-6H3/t16-,19?,20?,21-,22+,23+,24?,25?,27+,28+,29-/m1/s1. The average molecular weight is 507 g/mol. The molecule has 0 aromatic carbocycles. The molecule has 4 fully saturated rings. The van der Waals surface area contributed by atoms with Crippen LogP contribution in [-0.2, 0) is 28.6 Å². The fourth-order valence-corrected chi connectivity index (χ4v) is 9.42. The molecule has 204 valence electrons. The second kappa shape index (κ2) is 10.3. The molecule has 0 heterocycles. The van der Waals surface area contributed by atoms with Crippen molar-refractivity contribution in [2.75, 3.05) is 7.11 Å². The Labute approximate surface area is 216 Å². The maximum absolute atomic E-state index is 12.2. The van der Waals surface area contributed by atoms with Gasteiger partial charge >= 0.3 is 17.9 Å². The summed E-state index contributed by atoms with van der Waals surface area (Å²) in [6, 6.07) is 0. The molecule has 4 unspecified atom stereocenters. The topological polar surface area (TPSA) is 99.1 Å². The molecule has 4 saturated carbocycles. The van der Waals surface area contributed by atoms with Crippen molar-refractivity contribution >= 4 is 17.9 Å². The molecular formula is C29H46O7. The molecule has 1 N–H and O–H groups in total. The van der Waals surface area contributed by atoms with E-state index in [0.29, 0.717) is 24.7 Å². The van der Waals surface area contributed by atoms with Crippen molar-refractivity contribution < 1.29 is 33.7 Å². The van der Waals surface area contributed by atoms with Gasteiger partial charge in [-0.25, -0.2) is 0 Å². The number of rotatable bonds is 6. The Bertz CT molecular complexity index is 857. The van der Waals surface area contributed by atoms with Crippen molar-refractivity contribution in [3.63, 3.8) is 0 Å². The predicted molar refractivity (Wildman–Crippen MR) is 134 cm³/mol. The van der Waals surface area contributed by atoms with E-state index in [0.717, 1.165) is 44.9 Å². The van der Waals surface area contributed by atoms with Crippen LogP contribution in [0, 0.1) is 46.3 Å². The highest BCUT2D eigenvalue weighted by Crippen LogP contribution is 2.68. The number of fused-ring (bicyclic) bond motifs is 5. The lowest BCUT2D eigenvalue weighted by atomic mass is 9.43. The third-order valence-electron chi connectivity index (χ3n) is 11.2. The van der Waals surface area contributed by atoms with Gasteiger partial charge in [0.25, 0.3) is 0 Å². The lowest BCUT2D eigenvalue weighted by Gasteiger charge is -2.64. The summed E-state index contributed by atoms with van der Waals surface area (Å²) in [4.78, 5) is 35.7. The van der Waals surface area contributed by atoms with Gasteiger partial charge in [-0.05, 0) is 91.8 Å². The molecule has 0 bridgehead atoms. The lowest BCUT2D eigenvalue weighted by molar-refractivity contribution is -0.218. The van der Waals surface area contributed by atoms with Crippen molar-refractivity contribution in [1.29, 1.82) is 0 Å². The number of methoxy groups -OCH3 is 1. The zero-order valence-electron chi connectivity index (χ0n) is 23.0. The van der Waals surface area contributed by atoms with Crippen LogP contribution < -0.4 is 0 Å². The fraction of sp³-hybridized carbons (Fsp3) is 0.897. The van der Waals surface area contributed by atoms with Crippen molar-refractivity contribution in [3.8, 4) is 0 Å². The third-order valence-corrected chi connectivity index (χ3v) is 11.2. The number of hydrogen-bond acceptors (Lipinski definition) is 7. The Balaban J connectivity index is 1.62. The highest BCUT2D eigenvalue weighted by atomic mass is 16.5. The highest BCUT2D eigenvalue weighted by molar-refractivity contribution is 5.69. The second-order valence-electron chi connectivity index (χ2n) is 12.8. The van der Waals surface area contributed by atoms with E-state index in [1.165, 1.54) is 21.0 Å². The van der Waals surface area contributed by atoms with Crippen molar-refractivity contribution in [1.82, 2.24) is 0 Å². The molecule has 0 amide bonds. The van der Waals surface area contributed by atoms with Crippen LogP contribution in [0.2, 0.25) is 0 Å². The number of ether oxygens (including phenoxy) is 3. The summed E-state index contributed by atoms with van der Waals surface area (Å²) in [6.07, 6.45) is 6.59. The Morgan fingerprint density at radius 3 is 2.31 bits per heavy atom. The molecule has 7 nitrogen and oxygen atoms in total. The average Bonchev–Trinajstić information content (AvgIpc) is 3.16. The Morgan fingerprint density at radius 1 is 0.972 bits per heavy atom. The molecule has 36 heavy (non-hydrogen) atoms. The number of aliphatic hydroxyl groups is 1. The first-order valence-corrected chi connectivity index (χ1v) is 14.0. The number of carbonyl (C=O) groups excluding carboxylic acids is 3. The van der Waals surface area contributed by atoms with Crippen LogP contribution in [0.3, 0.4) is 0 Å². The molecule has 0 aliphatic heterocycles. The summed E-state index contributed by atoms with van der Waals surface area (Å²) in [5.74, 6) is 0.965. The zero-order valence-corrected chi connectivity index (χ0v) is 23.0. The van der Waals surface area contributed by atoms with E-state index in [9.17, 15) is 19.5 Å². The maximum atomic E-state index is 12.2. The van der Waals surface area contributed by atoms with Crippen LogP contribution in [0.5, 0.6) is 0 Å². The maximum Gasteiger partial charge on any atom is 0.305 e. The van der Waals surface area contributed by atoms with Crippen molar-refractivity contribution in [2.24, 2.45) is 46.3 Å². The Kier molecular flexibility index (Phi) is 7.81. The highest BCUT2D eigenvalue weighted by Gasteiger charge is 2.66. The van der Waals surface area contributed by atoms with Gasteiger partial charge in [-0.2, -0.15) is 0 Å². The molecular weight excluding hydrogens is 460 g/mol. The summed E-state index contributed by atoms with van der Waals surface area (Å²) in [6.45, 7) is 9.78. The fourth-order valence-electron chi connectivity index (χ4n) is 9.42. The molecule has 11 atom stereocenters. The van der Waals surface area contributed by atoms with Crippen LogP contribution in [0.4, 0.5) is 0 Å². The number of hydrogen-bond donors (Lipinski definition) is 1. The molecule has 0 radical (unpaired) electrons. The van der Waals surface area contributed by atoms with Gasteiger partial charge in [0.05, 0.1) is 13.2 Å². The molecule has 0 aromatic heterocycles. The first kappa shape index (κ1) is 27.4. The van der Waals surface area contributed by atoms with Crippen molar-refractivity contribution in [3.05, 3.63) is 0 Å². The van der Waals surface area contributed by atoms with Gasteiger partial charge in [0.15, 0.2) is 0 Å². The van der Waals surface area contributed by atoms with E-state index < -0.39 is 6.10 Å². The summed E-state index contributed by atoms with van der Waals surface area (Å²) >= 11 is 0. The second-order valence-corrected chi connectivity index (χ2v) is 12.8. The first-order chi connectivity index (χ1) is 16.9. The Morgan fingerprint density at radius 2 is 1.67 bits per heavy atom. The van der Waals surface area contributed by atoms with Gasteiger partial charge < -0.3 is 19.3 Å². The minimum Gasteiger partial charge on any atom is -0.469 e. The number of aliphatic hydroxyl groups excluding tert-OH is 1. The summed E-state index contributed by atoms with van der Waals surface area (Å²) in [5, 5.41) is 11.8. The van der Waals surface area contributed by atoms with E-state index in [-0.39, 0.29) is 64.6 Å². The SMILES string of the molecule is COC(=O)CC[C@@H](C)[C@H]1CC[C@H]2[C@@H]3C(OC(C)=O)CC4CC(OC(C)=O)CC[C@]4(C)[C@H]3CC(O)[C@]12C. The van der Waals surface area contributed by atoms with E-state index in [1.807, 2.05) is 0 Å². The summed E-state index contributed by atoms with van der Waals surface area (Å²) in [7, 11) is 1.43. The third kappa shape index (κ3) is 4.69. The van der Waals surface area contributed by atoms with Gasteiger partial charge in [-0.3, -0.25) is 14.4 Å². The molecule has 0 saturated heterocycles. The molecule has 4 aliphatic carbocycles. The lowest BCUT2D eigenvalue weighted by Crippen LogP contribution is -2.63. The van der Waals surface area contributed by atoms with Crippen LogP contribution in [0.15, 0.2) is 0 Å². The number of esters is 3. The number of carbonyl (C=O) groups is 3. The molecule has 0 aromatic rings. The smallest absolute Gasteiger partial charge is 0.305 e. The van der Waals surface area contributed by atoms with Crippen molar-refractivity contribution in [2.45, 2.75) is 111 Å². The molecule has 4 aliphatic rings. The zero-order chi connectivity index (χ0) is 26.4. The minimum absolute atomic E-state index is 0.0227. The van der Waals surface area contributed by atoms with Crippen LogP contribution in [-0.4, -0.2) is 48.4 Å². The van der Waals surface area contributed by atoms with Crippen LogP contribution in [0.1, 0.15) is 92.4 Å². The van der Waals surface area contributed by atoms with Gasteiger partial charge in [0.2, 0.25) is 0 Å². The summed E-state index contributed by atoms with van der Waals surface area (Å²) in [5.41, 5.74) is -0.248. The molecule has 0 spiro atoms. The van der Waals surface area contributed by atoms with Gasteiger partial charge in [0.1, 0.15) is 12.2 Å². The normalized spacial score (nSPS) is 44.4. The first-order valence-electron chi connectivity index (χ1n) is 14.0. The van der Waals surface area contributed by atoms with Crippen LogP contribution in [0.25, 0.3) is 0 Å². The van der Waals surface area contributed by atoms with Gasteiger partial charge in [-0.1, -0.05) is 20.8 Å². The van der Waals surface area contributed by atoms with Crippen LogP contribution >= 0.6 is 0 Å². The van der Waals surface area contributed by atoms with Gasteiger partial charge in [0, 0.05) is 26.2 Å². The minimum atomic E-state index is -0.434. The largest absolute Gasteiger partial charge is 0.469 e. The predicted octanol–water partition coefficient (Wildman–Crippen LogP) is 4.68. The van der Waals surface area contributed by atoms with E-state index in [1.54, 1.807) is 0 Å².